The van der Waals surface area contributed by atoms with Gasteiger partial charge in [-0.25, -0.2) is 0 Å². The van der Waals surface area contributed by atoms with Crippen LogP contribution in [-0.4, -0.2) is 0 Å². The molecule has 11 rings (SSSR count). The summed E-state index contributed by atoms with van der Waals surface area (Å²) in [6.07, 6.45) is 0. The molecule has 2 heterocycles. The van der Waals surface area contributed by atoms with Crippen LogP contribution >= 0.6 is 0 Å². The van der Waals surface area contributed by atoms with Gasteiger partial charge in [0.15, 0.2) is 0 Å². The van der Waals surface area contributed by atoms with Crippen LogP contribution in [-0.2, 0) is 0 Å². The Morgan fingerprint density at radius 3 is 1.46 bits per heavy atom. The van der Waals surface area contributed by atoms with Gasteiger partial charge in [-0.2, -0.15) is 0 Å². The third-order valence-electron chi connectivity index (χ3n) is 10.8. The van der Waals surface area contributed by atoms with Crippen LogP contribution in [0, 0.1) is 0 Å². The average Bonchev–Trinajstić information content (AvgIpc) is 3.83. The van der Waals surface area contributed by atoms with Gasteiger partial charge in [0.1, 0.15) is 22.3 Å². The van der Waals surface area contributed by atoms with E-state index in [0.717, 1.165) is 66.1 Å². The molecule has 2 aromatic heterocycles. The van der Waals surface area contributed by atoms with Gasteiger partial charge >= 0.3 is 0 Å². The molecule has 0 unspecified atom stereocenters. The summed E-state index contributed by atoms with van der Waals surface area (Å²) in [5.41, 5.74) is 14.9. The Labute approximate surface area is 312 Å². The van der Waals surface area contributed by atoms with Crippen LogP contribution in [0.1, 0.15) is 0 Å². The van der Waals surface area contributed by atoms with Gasteiger partial charge in [0.2, 0.25) is 0 Å². The quantitative estimate of drug-likeness (QED) is 0.180. The van der Waals surface area contributed by atoms with Crippen LogP contribution in [0.25, 0.3) is 110 Å². The van der Waals surface area contributed by atoms with Gasteiger partial charge in [-0.3, -0.25) is 0 Å². The first-order valence-electron chi connectivity index (χ1n) is 18.4. The van der Waals surface area contributed by atoms with Crippen LogP contribution in [0.4, 0.5) is 0 Å². The standard InChI is InChI=1S/C52H32O2/c1-3-12-33(13-4-1)35-24-25-37-29-38(27-26-36(37)28-35)40-30-39(34-14-5-2-6-15-34)31-41(32-40)42-17-11-23-49-50(42)47-21-10-20-46(52(47)54-49)45-19-9-18-44-43-16-7-8-22-48(43)53-51(44)45/h1-32H. The second kappa shape index (κ2) is 12.2. The molecule has 0 spiro atoms. The summed E-state index contributed by atoms with van der Waals surface area (Å²) in [4.78, 5) is 0. The zero-order chi connectivity index (χ0) is 35.6. The summed E-state index contributed by atoms with van der Waals surface area (Å²) in [5, 5.41) is 6.85. The van der Waals surface area contributed by atoms with E-state index in [1.807, 2.05) is 12.1 Å². The second-order valence-corrected chi connectivity index (χ2v) is 14.1. The van der Waals surface area contributed by atoms with Crippen molar-refractivity contribution >= 4 is 54.6 Å². The van der Waals surface area contributed by atoms with E-state index in [0.29, 0.717) is 0 Å². The summed E-state index contributed by atoms with van der Waals surface area (Å²) in [6, 6.07) is 69.3. The fraction of sp³-hybridized carbons (Fsp3) is 0. The van der Waals surface area contributed by atoms with E-state index >= 15 is 0 Å². The Bertz CT molecular complexity index is 3200. The lowest BCUT2D eigenvalue weighted by Crippen LogP contribution is -1.87. The lowest BCUT2D eigenvalue weighted by Gasteiger charge is -2.13. The van der Waals surface area contributed by atoms with Crippen molar-refractivity contribution in [3.05, 3.63) is 194 Å². The minimum Gasteiger partial charge on any atom is -0.455 e. The number of hydrogen-bond donors (Lipinski definition) is 0. The Balaban J connectivity index is 1.09. The Hall–Kier alpha value is -7.16. The van der Waals surface area contributed by atoms with Crippen molar-refractivity contribution in [3.63, 3.8) is 0 Å². The first-order chi connectivity index (χ1) is 26.7. The van der Waals surface area contributed by atoms with E-state index in [1.165, 1.54) is 44.2 Å². The van der Waals surface area contributed by atoms with Crippen LogP contribution in [0.5, 0.6) is 0 Å². The molecule has 0 saturated carbocycles. The maximum Gasteiger partial charge on any atom is 0.143 e. The van der Waals surface area contributed by atoms with Gasteiger partial charge in [-0.15, -0.1) is 0 Å². The number of para-hydroxylation sites is 3. The second-order valence-electron chi connectivity index (χ2n) is 14.1. The third-order valence-corrected chi connectivity index (χ3v) is 10.8. The number of rotatable bonds is 5. The summed E-state index contributed by atoms with van der Waals surface area (Å²) < 4.78 is 13.3. The highest BCUT2D eigenvalue weighted by molar-refractivity contribution is 6.18. The van der Waals surface area contributed by atoms with Crippen LogP contribution in [0.2, 0.25) is 0 Å². The van der Waals surface area contributed by atoms with Crippen LogP contribution < -0.4 is 0 Å². The molecule has 2 nitrogen and oxygen atoms in total. The van der Waals surface area contributed by atoms with Crippen molar-refractivity contribution < 1.29 is 8.83 Å². The topological polar surface area (TPSA) is 26.3 Å². The molecule has 0 N–H and O–H groups in total. The van der Waals surface area contributed by atoms with Crippen molar-refractivity contribution in [2.45, 2.75) is 0 Å². The monoisotopic (exact) mass is 688 g/mol. The number of furan rings is 2. The van der Waals surface area contributed by atoms with Crippen molar-refractivity contribution in [2.24, 2.45) is 0 Å². The zero-order valence-electron chi connectivity index (χ0n) is 29.3. The molecule has 0 bridgehead atoms. The van der Waals surface area contributed by atoms with Crippen molar-refractivity contribution in [2.75, 3.05) is 0 Å². The molecule has 252 valence electrons. The summed E-state index contributed by atoms with van der Waals surface area (Å²) in [6.45, 7) is 0. The Morgan fingerprint density at radius 1 is 0.259 bits per heavy atom. The first-order valence-corrected chi connectivity index (χ1v) is 18.4. The molecule has 0 aliphatic heterocycles. The normalized spacial score (nSPS) is 11.7. The van der Waals surface area contributed by atoms with Crippen molar-refractivity contribution in [1.29, 1.82) is 0 Å². The molecule has 0 aliphatic carbocycles. The minimum atomic E-state index is 0.858. The Kier molecular flexibility index (Phi) is 6.90. The summed E-state index contributed by atoms with van der Waals surface area (Å²) in [7, 11) is 0. The molecule has 54 heavy (non-hydrogen) atoms. The maximum absolute atomic E-state index is 6.80. The molecule has 9 aromatic carbocycles. The lowest BCUT2D eigenvalue weighted by molar-refractivity contribution is 0.665. The highest BCUT2D eigenvalue weighted by Crippen LogP contribution is 2.44. The molecule has 0 saturated heterocycles. The van der Waals surface area contributed by atoms with E-state index in [1.54, 1.807) is 0 Å². The zero-order valence-corrected chi connectivity index (χ0v) is 29.3. The Morgan fingerprint density at radius 2 is 0.741 bits per heavy atom. The predicted molar refractivity (Wildman–Crippen MR) is 226 cm³/mol. The molecular formula is C52H32O2. The van der Waals surface area contributed by atoms with Gasteiger partial charge < -0.3 is 8.83 Å². The van der Waals surface area contributed by atoms with E-state index < -0.39 is 0 Å². The van der Waals surface area contributed by atoms with E-state index in [2.05, 4.69) is 182 Å². The molecular weight excluding hydrogens is 657 g/mol. The highest BCUT2D eigenvalue weighted by atomic mass is 16.3. The molecule has 0 radical (unpaired) electrons. The number of fused-ring (bicyclic) bond motifs is 7. The maximum atomic E-state index is 6.80. The van der Waals surface area contributed by atoms with E-state index in [-0.39, 0.29) is 0 Å². The predicted octanol–water partition coefficient (Wildman–Crippen LogP) is 15.0. The summed E-state index contributed by atoms with van der Waals surface area (Å²) in [5.74, 6) is 0. The molecule has 2 heteroatoms. The van der Waals surface area contributed by atoms with Gasteiger partial charge in [0, 0.05) is 32.7 Å². The van der Waals surface area contributed by atoms with E-state index in [4.69, 9.17) is 8.83 Å². The van der Waals surface area contributed by atoms with Gasteiger partial charge in [0.25, 0.3) is 0 Å². The third kappa shape index (κ3) is 4.96. The van der Waals surface area contributed by atoms with Crippen LogP contribution in [0.15, 0.2) is 203 Å². The van der Waals surface area contributed by atoms with Gasteiger partial charge in [-0.05, 0) is 97.7 Å². The van der Waals surface area contributed by atoms with Crippen LogP contribution in [0.3, 0.4) is 0 Å². The first kappa shape index (κ1) is 30.5. The summed E-state index contributed by atoms with van der Waals surface area (Å²) >= 11 is 0. The minimum absolute atomic E-state index is 0.858. The van der Waals surface area contributed by atoms with Gasteiger partial charge in [0.05, 0.1) is 0 Å². The SMILES string of the molecule is c1ccc(-c2cc(-c3ccc4cc(-c5ccccc5)ccc4c3)cc(-c3cccc4oc5c(-c6cccc7c6oc6ccccc67)cccc5c34)c2)cc1. The highest BCUT2D eigenvalue weighted by Gasteiger charge is 2.20. The van der Waals surface area contributed by atoms with Gasteiger partial charge in [-0.1, -0.05) is 152 Å². The molecule has 0 amide bonds. The number of benzene rings is 9. The molecule has 11 aromatic rings. The fourth-order valence-electron chi connectivity index (χ4n) is 8.24. The largest absolute Gasteiger partial charge is 0.455 e. The van der Waals surface area contributed by atoms with Crippen molar-refractivity contribution in [1.82, 2.24) is 0 Å². The van der Waals surface area contributed by atoms with Crippen molar-refractivity contribution in [3.8, 4) is 55.6 Å². The fourth-order valence-corrected chi connectivity index (χ4v) is 8.24. The molecule has 0 atom stereocenters. The van der Waals surface area contributed by atoms with E-state index in [9.17, 15) is 0 Å². The average molecular weight is 689 g/mol. The lowest BCUT2D eigenvalue weighted by atomic mass is 9.90. The molecule has 0 fully saturated rings. The molecule has 0 aliphatic rings. The smallest absolute Gasteiger partial charge is 0.143 e. The number of hydrogen-bond acceptors (Lipinski definition) is 2.